The molecule has 2 heterocycles. The molecular formula is C17H25N3O3S. The van der Waals surface area contributed by atoms with Gasteiger partial charge in [0.05, 0.1) is 12.8 Å². The molecule has 6 nitrogen and oxygen atoms in total. The van der Waals surface area contributed by atoms with E-state index in [4.69, 9.17) is 0 Å². The van der Waals surface area contributed by atoms with Crippen molar-refractivity contribution in [3.05, 3.63) is 29.8 Å². The van der Waals surface area contributed by atoms with Crippen LogP contribution in [-0.2, 0) is 21.2 Å². The molecule has 1 saturated heterocycles. The predicted molar refractivity (Wildman–Crippen MR) is 94.6 cm³/mol. The average Bonchev–Trinajstić information content (AvgIpc) is 2.56. The summed E-state index contributed by atoms with van der Waals surface area (Å²) in [5.41, 5.74) is 2.45. The van der Waals surface area contributed by atoms with E-state index < -0.39 is 10.0 Å². The van der Waals surface area contributed by atoms with E-state index in [1.54, 1.807) is 4.90 Å². The van der Waals surface area contributed by atoms with Gasteiger partial charge in [0.1, 0.15) is 0 Å². The molecule has 0 bridgehead atoms. The van der Waals surface area contributed by atoms with Crippen LogP contribution in [-0.4, -0.2) is 68.6 Å². The van der Waals surface area contributed by atoms with Crippen LogP contribution in [0.2, 0.25) is 0 Å². The molecule has 0 spiro atoms. The molecule has 2 aliphatic heterocycles. The summed E-state index contributed by atoms with van der Waals surface area (Å²) in [5.74, 6) is 0.0757. The molecule has 0 unspecified atom stereocenters. The number of carbonyl (C=O) groups excluding carboxylic acids is 1. The number of amides is 1. The van der Waals surface area contributed by atoms with E-state index in [9.17, 15) is 13.2 Å². The quantitative estimate of drug-likeness (QED) is 0.813. The van der Waals surface area contributed by atoms with Crippen molar-refractivity contribution >= 4 is 21.6 Å². The first-order valence-electron chi connectivity index (χ1n) is 8.43. The second-order valence-corrected chi connectivity index (χ2v) is 8.67. The van der Waals surface area contributed by atoms with Gasteiger partial charge in [0, 0.05) is 37.9 Å². The van der Waals surface area contributed by atoms with E-state index in [1.165, 1.54) is 16.1 Å². The molecule has 0 N–H and O–H groups in total. The summed E-state index contributed by atoms with van der Waals surface area (Å²) < 4.78 is 24.6. The molecule has 3 rings (SSSR count). The normalized spacial score (nSPS) is 22.3. The van der Waals surface area contributed by atoms with E-state index in [-0.39, 0.29) is 5.91 Å². The summed E-state index contributed by atoms with van der Waals surface area (Å²) in [6, 6.07) is 8.60. The maximum absolute atomic E-state index is 12.7. The number of hydrogen-bond donors (Lipinski definition) is 0. The number of carbonyl (C=O) groups is 1. The highest BCUT2D eigenvalue weighted by Crippen LogP contribution is 2.30. The van der Waals surface area contributed by atoms with Crippen LogP contribution in [0.15, 0.2) is 24.3 Å². The number of benzene rings is 1. The van der Waals surface area contributed by atoms with Crippen LogP contribution in [0.3, 0.4) is 0 Å². The van der Waals surface area contributed by atoms with Gasteiger partial charge in [-0.25, -0.2) is 8.42 Å². The maximum Gasteiger partial charge on any atom is 0.242 e. The van der Waals surface area contributed by atoms with Crippen LogP contribution in [0.4, 0.5) is 5.69 Å². The zero-order valence-electron chi connectivity index (χ0n) is 14.3. The summed E-state index contributed by atoms with van der Waals surface area (Å²) in [7, 11) is -3.17. The molecule has 0 saturated carbocycles. The SMILES string of the molecule is C[C@@H]1CCc2ccccc2N1CC(=O)N1CCN(S(C)(=O)=O)CC1. The fourth-order valence-corrected chi connectivity index (χ4v) is 4.34. The molecule has 132 valence electrons. The number of fused-ring (bicyclic) bond motifs is 1. The fraction of sp³-hybridized carbons (Fsp3) is 0.588. The molecule has 1 aromatic carbocycles. The van der Waals surface area contributed by atoms with Crippen molar-refractivity contribution in [2.45, 2.75) is 25.8 Å². The van der Waals surface area contributed by atoms with Gasteiger partial charge in [-0.1, -0.05) is 18.2 Å². The minimum atomic E-state index is -3.17. The van der Waals surface area contributed by atoms with E-state index in [1.807, 2.05) is 12.1 Å². The minimum Gasteiger partial charge on any atom is -0.359 e. The molecule has 0 radical (unpaired) electrons. The van der Waals surface area contributed by atoms with Gasteiger partial charge in [-0.2, -0.15) is 4.31 Å². The molecule has 1 aromatic rings. The number of hydrogen-bond acceptors (Lipinski definition) is 4. The number of rotatable bonds is 3. The standard InChI is InChI=1S/C17H25N3O3S/c1-14-7-8-15-5-3-4-6-16(15)20(14)13-17(21)18-9-11-19(12-10-18)24(2,22)23/h3-6,14H,7-13H2,1-2H3/t14-/m1/s1. The lowest BCUT2D eigenvalue weighted by molar-refractivity contribution is -0.131. The second-order valence-electron chi connectivity index (χ2n) is 6.69. The minimum absolute atomic E-state index is 0.0757. The van der Waals surface area contributed by atoms with E-state index in [0.717, 1.165) is 18.5 Å². The molecule has 2 aliphatic rings. The topological polar surface area (TPSA) is 60.9 Å². The molecule has 24 heavy (non-hydrogen) atoms. The summed E-state index contributed by atoms with van der Waals surface area (Å²) in [6.45, 7) is 4.22. The Labute approximate surface area is 144 Å². The fourth-order valence-electron chi connectivity index (χ4n) is 3.52. The number of nitrogens with zero attached hydrogens (tertiary/aromatic N) is 3. The molecule has 1 amide bonds. The molecule has 0 aliphatic carbocycles. The third-order valence-electron chi connectivity index (χ3n) is 5.03. The molecular weight excluding hydrogens is 326 g/mol. The lowest BCUT2D eigenvalue weighted by atomic mass is 9.96. The third kappa shape index (κ3) is 3.57. The molecule has 0 aromatic heterocycles. The Morgan fingerprint density at radius 3 is 2.50 bits per heavy atom. The van der Waals surface area contributed by atoms with Gasteiger partial charge in [0.2, 0.25) is 15.9 Å². The number of piperazine rings is 1. The van der Waals surface area contributed by atoms with Gasteiger partial charge in [0.15, 0.2) is 0 Å². The monoisotopic (exact) mass is 351 g/mol. The summed E-state index contributed by atoms with van der Waals surface area (Å²) in [5, 5.41) is 0. The number of aryl methyl sites for hydroxylation is 1. The van der Waals surface area contributed by atoms with Crippen molar-refractivity contribution in [1.82, 2.24) is 9.21 Å². The van der Waals surface area contributed by atoms with Gasteiger partial charge in [-0.05, 0) is 31.4 Å². The molecule has 1 atom stereocenters. The summed E-state index contributed by atoms with van der Waals surface area (Å²) >= 11 is 0. The zero-order chi connectivity index (χ0) is 17.3. The zero-order valence-corrected chi connectivity index (χ0v) is 15.1. The highest BCUT2D eigenvalue weighted by molar-refractivity contribution is 7.88. The van der Waals surface area contributed by atoms with Crippen LogP contribution in [0.25, 0.3) is 0 Å². The van der Waals surface area contributed by atoms with Crippen LogP contribution < -0.4 is 4.90 Å². The molecule has 7 heteroatoms. The largest absolute Gasteiger partial charge is 0.359 e. The Bertz CT molecular complexity index is 712. The Balaban J connectivity index is 1.66. The average molecular weight is 351 g/mol. The highest BCUT2D eigenvalue weighted by atomic mass is 32.2. The van der Waals surface area contributed by atoms with Crippen LogP contribution in [0.5, 0.6) is 0 Å². The van der Waals surface area contributed by atoms with Crippen LogP contribution in [0, 0.1) is 0 Å². The van der Waals surface area contributed by atoms with Crippen molar-refractivity contribution in [3.63, 3.8) is 0 Å². The van der Waals surface area contributed by atoms with Crippen molar-refractivity contribution in [2.75, 3.05) is 43.9 Å². The first-order chi connectivity index (χ1) is 11.4. The number of para-hydroxylation sites is 1. The lowest BCUT2D eigenvalue weighted by Crippen LogP contribution is -2.53. The van der Waals surface area contributed by atoms with E-state index >= 15 is 0 Å². The van der Waals surface area contributed by atoms with Crippen molar-refractivity contribution in [1.29, 1.82) is 0 Å². The predicted octanol–water partition coefficient (Wildman–Crippen LogP) is 0.932. The van der Waals surface area contributed by atoms with Gasteiger partial charge < -0.3 is 9.80 Å². The van der Waals surface area contributed by atoms with E-state index in [2.05, 4.69) is 24.0 Å². The van der Waals surface area contributed by atoms with E-state index in [0.29, 0.717) is 38.8 Å². The second kappa shape index (κ2) is 6.72. The number of sulfonamides is 1. The highest BCUT2D eigenvalue weighted by Gasteiger charge is 2.29. The van der Waals surface area contributed by atoms with Gasteiger partial charge in [-0.3, -0.25) is 4.79 Å². The Morgan fingerprint density at radius 2 is 1.83 bits per heavy atom. The van der Waals surface area contributed by atoms with Gasteiger partial charge >= 0.3 is 0 Å². The first kappa shape index (κ1) is 17.2. The summed E-state index contributed by atoms with van der Waals surface area (Å²) in [4.78, 5) is 16.7. The lowest BCUT2D eigenvalue weighted by Gasteiger charge is -2.39. The Kier molecular flexibility index (Phi) is 4.83. The smallest absolute Gasteiger partial charge is 0.242 e. The van der Waals surface area contributed by atoms with Gasteiger partial charge in [0.25, 0.3) is 0 Å². The first-order valence-corrected chi connectivity index (χ1v) is 10.3. The summed E-state index contributed by atoms with van der Waals surface area (Å²) in [6.07, 6.45) is 3.32. The third-order valence-corrected chi connectivity index (χ3v) is 6.33. The van der Waals surface area contributed by atoms with Crippen molar-refractivity contribution < 1.29 is 13.2 Å². The Hall–Kier alpha value is -1.60. The van der Waals surface area contributed by atoms with Crippen molar-refractivity contribution in [3.8, 4) is 0 Å². The van der Waals surface area contributed by atoms with Crippen molar-refractivity contribution in [2.24, 2.45) is 0 Å². The van der Waals surface area contributed by atoms with Crippen LogP contribution in [0.1, 0.15) is 18.9 Å². The molecule has 1 fully saturated rings. The van der Waals surface area contributed by atoms with Crippen LogP contribution >= 0.6 is 0 Å². The maximum atomic E-state index is 12.7. The number of anilines is 1. The Morgan fingerprint density at radius 1 is 1.17 bits per heavy atom. The van der Waals surface area contributed by atoms with Gasteiger partial charge in [-0.15, -0.1) is 0 Å².